The molecule has 0 atom stereocenters. The summed E-state index contributed by atoms with van der Waals surface area (Å²) in [5.41, 5.74) is 2.61. The lowest BCUT2D eigenvalue weighted by molar-refractivity contribution is 0.485. The van der Waals surface area contributed by atoms with Crippen LogP contribution in [0.5, 0.6) is 0 Å². The van der Waals surface area contributed by atoms with Gasteiger partial charge in [0.2, 0.25) is 7.37 Å². The van der Waals surface area contributed by atoms with Gasteiger partial charge in [-0.25, -0.2) is 0 Å². The summed E-state index contributed by atoms with van der Waals surface area (Å²) in [6.45, 7) is 0. The van der Waals surface area contributed by atoms with Crippen molar-refractivity contribution in [3.8, 4) is 0 Å². The minimum atomic E-state index is -2.72. The minimum absolute atomic E-state index is 0.502. The lowest BCUT2D eigenvalue weighted by atomic mass is 9.94. The molecule has 1 aliphatic heterocycles. The fraction of sp³-hybridized carbons (Fsp3) is 0.750. The van der Waals surface area contributed by atoms with E-state index in [9.17, 15) is 9.46 Å². The maximum absolute atomic E-state index is 11.3. The van der Waals surface area contributed by atoms with Crippen molar-refractivity contribution in [1.29, 1.82) is 0 Å². The van der Waals surface area contributed by atoms with Gasteiger partial charge in [0, 0.05) is 12.3 Å². The number of hydrogen-bond donors (Lipinski definition) is 1. The van der Waals surface area contributed by atoms with Crippen LogP contribution < -0.4 is 0 Å². The van der Waals surface area contributed by atoms with E-state index in [2.05, 4.69) is 0 Å². The summed E-state index contributed by atoms with van der Waals surface area (Å²) in [6.07, 6.45) is 5.61. The zero-order chi connectivity index (χ0) is 7.90. The second-order valence-corrected chi connectivity index (χ2v) is 5.90. The lowest BCUT2D eigenvalue weighted by Crippen LogP contribution is -1.96. The topological polar surface area (TPSA) is 37.3 Å². The van der Waals surface area contributed by atoms with E-state index in [0.717, 1.165) is 12.8 Å². The third kappa shape index (κ3) is 1.43. The molecule has 0 bridgehead atoms. The van der Waals surface area contributed by atoms with E-state index in [1.807, 2.05) is 0 Å². The van der Waals surface area contributed by atoms with Crippen LogP contribution in [0.15, 0.2) is 11.1 Å². The van der Waals surface area contributed by atoms with Crippen LogP contribution in [0.4, 0.5) is 0 Å². The first-order valence-corrected chi connectivity index (χ1v) is 6.21. The SMILES string of the molecule is O=P1(O)CC2=C(CCCC2)C1. The molecule has 0 amide bonds. The van der Waals surface area contributed by atoms with Gasteiger partial charge in [0.1, 0.15) is 0 Å². The standard InChI is InChI=1S/C8H13O2P/c9-11(10)5-7-3-1-2-4-8(7)6-11/h1-6H2,(H,9,10). The van der Waals surface area contributed by atoms with E-state index >= 15 is 0 Å². The molecule has 0 aromatic carbocycles. The summed E-state index contributed by atoms with van der Waals surface area (Å²) in [7, 11) is -2.72. The molecule has 1 heterocycles. The van der Waals surface area contributed by atoms with Crippen LogP contribution in [-0.4, -0.2) is 17.2 Å². The van der Waals surface area contributed by atoms with Crippen molar-refractivity contribution in [2.45, 2.75) is 25.7 Å². The van der Waals surface area contributed by atoms with Crippen LogP contribution >= 0.6 is 7.37 Å². The Balaban J connectivity index is 2.22. The van der Waals surface area contributed by atoms with Crippen LogP contribution in [-0.2, 0) is 4.57 Å². The van der Waals surface area contributed by atoms with E-state index in [0.29, 0.717) is 12.3 Å². The van der Waals surface area contributed by atoms with Crippen molar-refractivity contribution in [1.82, 2.24) is 0 Å². The van der Waals surface area contributed by atoms with Crippen molar-refractivity contribution in [2.75, 3.05) is 12.3 Å². The molecule has 0 saturated heterocycles. The summed E-state index contributed by atoms with van der Waals surface area (Å²) < 4.78 is 11.3. The Hall–Kier alpha value is -0.0700. The molecule has 1 aliphatic carbocycles. The molecule has 2 rings (SSSR count). The Kier molecular flexibility index (Phi) is 1.70. The van der Waals surface area contributed by atoms with E-state index in [4.69, 9.17) is 0 Å². The molecule has 0 aromatic heterocycles. The van der Waals surface area contributed by atoms with Gasteiger partial charge in [-0.1, -0.05) is 11.1 Å². The lowest BCUT2D eigenvalue weighted by Gasteiger charge is -2.11. The summed E-state index contributed by atoms with van der Waals surface area (Å²) in [5.74, 6) is 0. The highest BCUT2D eigenvalue weighted by Gasteiger charge is 2.32. The van der Waals surface area contributed by atoms with Gasteiger partial charge >= 0.3 is 0 Å². The fourth-order valence-corrected chi connectivity index (χ4v) is 4.13. The molecule has 0 radical (unpaired) electrons. The second kappa shape index (κ2) is 2.46. The quantitative estimate of drug-likeness (QED) is 0.449. The number of rotatable bonds is 0. The van der Waals surface area contributed by atoms with E-state index in [-0.39, 0.29) is 0 Å². The molecule has 0 unspecified atom stereocenters. The van der Waals surface area contributed by atoms with Crippen LogP contribution in [0, 0.1) is 0 Å². The Bertz CT molecular complexity index is 233. The third-order valence-electron chi connectivity index (χ3n) is 2.58. The maximum Gasteiger partial charge on any atom is 0.208 e. The van der Waals surface area contributed by atoms with Crippen molar-refractivity contribution in [2.24, 2.45) is 0 Å². The van der Waals surface area contributed by atoms with Crippen LogP contribution in [0.25, 0.3) is 0 Å². The summed E-state index contributed by atoms with van der Waals surface area (Å²) in [4.78, 5) is 9.34. The Morgan fingerprint density at radius 1 is 1.09 bits per heavy atom. The average molecular weight is 172 g/mol. The summed E-state index contributed by atoms with van der Waals surface area (Å²) in [6, 6.07) is 0. The summed E-state index contributed by atoms with van der Waals surface area (Å²) in [5, 5.41) is 0. The van der Waals surface area contributed by atoms with Crippen molar-refractivity contribution in [3.63, 3.8) is 0 Å². The van der Waals surface area contributed by atoms with Crippen molar-refractivity contribution >= 4 is 7.37 Å². The Morgan fingerprint density at radius 3 is 2.00 bits per heavy atom. The molecular weight excluding hydrogens is 159 g/mol. The highest BCUT2D eigenvalue weighted by Crippen LogP contribution is 2.53. The molecule has 11 heavy (non-hydrogen) atoms. The fourth-order valence-electron chi connectivity index (χ4n) is 2.06. The van der Waals surface area contributed by atoms with Gasteiger partial charge in [-0.05, 0) is 25.7 Å². The molecule has 1 N–H and O–H groups in total. The van der Waals surface area contributed by atoms with Gasteiger partial charge in [0.05, 0.1) is 0 Å². The van der Waals surface area contributed by atoms with Gasteiger partial charge in [-0.2, -0.15) is 0 Å². The molecule has 0 fully saturated rings. The van der Waals surface area contributed by atoms with Gasteiger partial charge in [-0.3, -0.25) is 4.57 Å². The zero-order valence-electron chi connectivity index (χ0n) is 6.55. The van der Waals surface area contributed by atoms with Crippen LogP contribution in [0.1, 0.15) is 25.7 Å². The third-order valence-corrected chi connectivity index (χ3v) is 4.33. The van der Waals surface area contributed by atoms with Crippen LogP contribution in [0.3, 0.4) is 0 Å². The molecule has 3 heteroatoms. The predicted octanol–water partition coefficient (Wildman–Crippen LogP) is 2.14. The highest BCUT2D eigenvalue weighted by atomic mass is 31.2. The normalized spacial score (nSPS) is 28.8. The molecular formula is C8H13O2P. The first kappa shape index (κ1) is 7.57. The summed E-state index contributed by atoms with van der Waals surface area (Å²) >= 11 is 0. The number of allylic oxidation sites excluding steroid dienone is 2. The molecule has 62 valence electrons. The zero-order valence-corrected chi connectivity index (χ0v) is 7.44. The van der Waals surface area contributed by atoms with E-state index in [1.54, 1.807) is 0 Å². The first-order chi connectivity index (χ1) is 5.17. The smallest absolute Gasteiger partial charge is 0.208 e. The molecule has 2 nitrogen and oxygen atoms in total. The van der Waals surface area contributed by atoms with Gasteiger partial charge in [-0.15, -0.1) is 0 Å². The largest absolute Gasteiger partial charge is 0.344 e. The number of hydrogen-bond acceptors (Lipinski definition) is 1. The minimum Gasteiger partial charge on any atom is -0.344 e. The molecule has 2 aliphatic rings. The van der Waals surface area contributed by atoms with Gasteiger partial charge < -0.3 is 4.89 Å². The first-order valence-electron chi connectivity index (χ1n) is 4.18. The molecule has 0 spiro atoms. The van der Waals surface area contributed by atoms with E-state index in [1.165, 1.54) is 24.0 Å². The van der Waals surface area contributed by atoms with Gasteiger partial charge in [0.15, 0.2) is 0 Å². The molecule has 0 saturated carbocycles. The van der Waals surface area contributed by atoms with Crippen LogP contribution in [0.2, 0.25) is 0 Å². The maximum atomic E-state index is 11.3. The predicted molar refractivity (Wildman–Crippen MR) is 45.1 cm³/mol. The Morgan fingerprint density at radius 2 is 1.55 bits per heavy atom. The van der Waals surface area contributed by atoms with E-state index < -0.39 is 7.37 Å². The highest BCUT2D eigenvalue weighted by molar-refractivity contribution is 7.58. The molecule has 0 aromatic rings. The average Bonchev–Trinajstić information content (AvgIpc) is 2.21. The van der Waals surface area contributed by atoms with Gasteiger partial charge in [0.25, 0.3) is 0 Å². The Labute approximate surface area is 66.8 Å². The monoisotopic (exact) mass is 172 g/mol. The second-order valence-electron chi connectivity index (χ2n) is 3.58. The van der Waals surface area contributed by atoms with Crippen molar-refractivity contribution in [3.05, 3.63) is 11.1 Å². The van der Waals surface area contributed by atoms with Crippen molar-refractivity contribution < 1.29 is 9.46 Å².